The van der Waals surface area contributed by atoms with Crippen LogP contribution in [0, 0.1) is 0 Å². The molecule has 0 saturated heterocycles. The molecule has 3 rings (SSSR count). The number of benzene rings is 3. The molecular weight excluding hydrogens is 456 g/mol. The molecule has 0 fully saturated rings. The van der Waals surface area contributed by atoms with Crippen LogP contribution >= 0.6 is 0 Å². The maximum absolute atomic E-state index is 12.6. The van der Waals surface area contributed by atoms with Gasteiger partial charge >= 0.3 is 0 Å². The number of likely N-dealkylation sites (N-methyl/N-ethyl adjacent to an activating group) is 1. The highest BCUT2D eigenvalue weighted by Gasteiger charge is 2.20. The second kappa shape index (κ2) is 10.6. The minimum absolute atomic E-state index is 0.0111. The second-order valence-corrected chi connectivity index (χ2v) is 10.1. The van der Waals surface area contributed by atoms with Crippen molar-refractivity contribution >= 4 is 44.0 Å². The molecule has 3 aromatic rings. The Hall–Kier alpha value is -3.47. The van der Waals surface area contributed by atoms with E-state index in [-0.39, 0.29) is 29.6 Å². The fraction of sp³-hybridized carbons (Fsp3) is 0.250. The molecule has 0 bridgehead atoms. The molecule has 2 N–H and O–H groups in total. The number of carbonyl (C=O) groups excluding carboxylic acids is 2. The Labute approximate surface area is 199 Å². The summed E-state index contributed by atoms with van der Waals surface area (Å²) in [6.07, 6.45) is 0. The largest absolute Gasteiger partial charge is 0.495 e. The van der Waals surface area contributed by atoms with Gasteiger partial charge < -0.3 is 15.4 Å². The van der Waals surface area contributed by atoms with E-state index in [0.717, 1.165) is 15.1 Å². The van der Waals surface area contributed by atoms with Crippen LogP contribution in [0.5, 0.6) is 5.75 Å². The molecule has 0 aromatic heterocycles. The number of nitrogens with zero attached hydrogens (tertiary/aromatic N) is 2. The first-order valence-corrected chi connectivity index (χ1v) is 11.9. The minimum Gasteiger partial charge on any atom is -0.495 e. The highest BCUT2D eigenvalue weighted by molar-refractivity contribution is 7.89. The van der Waals surface area contributed by atoms with Crippen LogP contribution < -0.4 is 15.4 Å². The number of hydrogen-bond acceptors (Lipinski definition) is 6. The van der Waals surface area contributed by atoms with Crippen molar-refractivity contribution in [1.29, 1.82) is 0 Å². The van der Waals surface area contributed by atoms with Gasteiger partial charge in [-0.15, -0.1) is 0 Å². The number of hydrogen-bond donors (Lipinski definition) is 2. The van der Waals surface area contributed by atoms with Crippen LogP contribution in [-0.2, 0) is 19.6 Å². The molecule has 0 aliphatic heterocycles. The van der Waals surface area contributed by atoms with E-state index in [2.05, 4.69) is 10.6 Å². The summed E-state index contributed by atoms with van der Waals surface area (Å²) in [5.74, 6) is -0.358. The van der Waals surface area contributed by atoms with E-state index in [0.29, 0.717) is 11.4 Å². The Morgan fingerprint density at radius 3 is 2.12 bits per heavy atom. The van der Waals surface area contributed by atoms with Crippen molar-refractivity contribution in [2.24, 2.45) is 0 Å². The van der Waals surface area contributed by atoms with Gasteiger partial charge in [-0.2, -0.15) is 0 Å². The first kappa shape index (κ1) is 25.2. The number of nitrogens with one attached hydrogen (secondary N) is 2. The monoisotopic (exact) mass is 484 g/mol. The minimum atomic E-state index is -3.68. The third-order valence-corrected chi connectivity index (χ3v) is 6.93. The van der Waals surface area contributed by atoms with Gasteiger partial charge in [0, 0.05) is 25.2 Å². The van der Waals surface area contributed by atoms with Crippen LogP contribution in [0.2, 0.25) is 0 Å². The zero-order valence-corrected chi connectivity index (χ0v) is 20.3. The van der Waals surface area contributed by atoms with E-state index < -0.39 is 15.9 Å². The van der Waals surface area contributed by atoms with Crippen LogP contribution in [0.15, 0.2) is 65.6 Å². The van der Waals surface area contributed by atoms with Crippen LogP contribution in [0.1, 0.15) is 0 Å². The number of carbonyl (C=O) groups is 2. The predicted octanol–water partition coefficient (Wildman–Crippen LogP) is 2.61. The maximum atomic E-state index is 12.6. The van der Waals surface area contributed by atoms with Crippen molar-refractivity contribution in [3.05, 3.63) is 60.7 Å². The van der Waals surface area contributed by atoms with Gasteiger partial charge in [0.15, 0.2) is 0 Å². The number of methoxy groups -OCH3 is 1. The Kier molecular flexibility index (Phi) is 7.87. The van der Waals surface area contributed by atoms with Crippen molar-refractivity contribution in [1.82, 2.24) is 9.21 Å². The molecule has 0 radical (unpaired) electrons. The van der Waals surface area contributed by atoms with Gasteiger partial charge in [0.1, 0.15) is 5.75 Å². The van der Waals surface area contributed by atoms with Crippen molar-refractivity contribution < 1.29 is 22.7 Å². The number of anilines is 2. The standard InChI is InChI=1S/C24H28N4O5S/c1-27(2)34(31,32)18-12-13-22(33-4)21(14-18)26-24(30)16-28(3)15-23(29)25-20-11-7-9-17-8-5-6-10-19(17)20/h5-14H,15-16H2,1-4H3,(H,25,29)(H,26,30). The van der Waals surface area contributed by atoms with Crippen molar-refractivity contribution in [2.75, 3.05) is 52.0 Å². The van der Waals surface area contributed by atoms with Crippen LogP contribution in [0.3, 0.4) is 0 Å². The van der Waals surface area contributed by atoms with E-state index in [9.17, 15) is 18.0 Å². The van der Waals surface area contributed by atoms with E-state index >= 15 is 0 Å². The molecule has 0 aliphatic carbocycles. The summed E-state index contributed by atoms with van der Waals surface area (Å²) in [5.41, 5.74) is 0.925. The Morgan fingerprint density at radius 2 is 1.47 bits per heavy atom. The first-order chi connectivity index (χ1) is 16.1. The lowest BCUT2D eigenvalue weighted by atomic mass is 10.1. The number of sulfonamides is 1. The predicted molar refractivity (Wildman–Crippen MR) is 133 cm³/mol. The lowest BCUT2D eigenvalue weighted by Gasteiger charge is -2.18. The normalized spacial score (nSPS) is 11.6. The van der Waals surface area contributed by atoms with E-state index in [1.807, 2.05) is 42.5 Å². The summed E-state index contributed by atoms with van der Waals surface area (Å²) in [7, 11) is 2.24. The van der Waals surface area contributed by atoms with Gasteiger partial charge in [0.2, 0.25) is 21.8 Å². The Balaban J connectivity index is 1.64. The van der Waals surface area contributed by atoms with E-state index in [4.69, 9.17) is 4.74 Å². The highest BCUT2D eigenvalue weighted by atomic mass is 32.2. The third-order valence-electron chi connectivity index (χ3n) is 5.11. The topological polar surface area (TPSA) is 108 Å². The van der Waals surface area contributed by atoms with E-state index in [1.165, 1.54) is 39.4 Å². The lowest BCUT2D eigenvalue weighted by Crippen LogP contribution is -2.36. The fourth-order valence-corrected chi connectivity index (χ4v) is 4.34. The van der Waals surface area contributed by atoms with Crippen LogP contribution in [-0.4, -0.2) is 70.8 Å². The van der Waals surface area contributed by atoms with Gasteiger partial charge in [-0.05, 0) is 36.7 Å². The van der Waals surface area contributed by atoms with E-state index in [1.54, 1.807) is 11.9 Å². The molecular formula is C24H28N4O5S. The van der Waals surface area contributed by atoms with Crippen molar-refractivity contribution in [3.8, 4) is 5.75 Å². The highest BCUT2D eigenvalue weighted by Crippen LogP contribution is 2.28. The molecule has 0 saturated carbocycles. The molecule has 9 nitrogen and oxygen atoms in total. The first-order valence-electron chi connectivity index (χ1n) is 10.5. The van der Waals surface area contributed by atoms with Crippen molar-refractivity contribution in [2.45, 2.75) is 4.90 Å². The molecule has 180 valence electrons. The Bertz CT molecular complexity index is 1300. The zero-order chi connectivity index (χ0) is 24.9. The summed E-state index contributed by atoms with van der Waals surface area (Å²) in [6.45, 7) is -0.0976. The lowest BCUT2D eigenvalue weighted by molar-refractivity contribution is -0.119. The molecule has 0 atom stereocenters. The zero-order valence-electron chi connectivity index (χ0n) is 19.5. The molecule has 2 amide bonds. The summed E-state index contributed by atoms with van der Waals surface area (Å²) >= 11 is 0. The van der Waals surface area contributed by atoms with Gasteiger partial charge in [0.25, 0.3) is 0 Å². The van der Waals surface area contributed by atoms with Crippen molar-refractivity contribution in [3.63, 3.8) is 0 Å². The van der Waals surface area contributed by atoms with Gasteiger partial charge in [-0.3, -0.25) is 14.5 Å². The Morgan fingerprint density at radius 1 is 0.853 bits per heavy atom. The fourth-order valence-electron chi connectivity index (χ4n) is 3.42. The number of rotatable bonds is 9. The summed E-state index contributed by atoms with van der Waals surface area (Å²) in [6, 6.07) is 17.6. The quantitative estimate of drug-likeness (QED) is 0.483. The number of amides is 2. The SMILES string of the molecule is COc1ccc(S(=O)(=O)N(C)C)cc1NC(=O)CN(C)CC(=O)Nc1cccc2ccccc12. The van der Waals surface area contributed by atoms with Gasteiger partial charge in [-0.25, -0.2) is 12.7 Å². The summed E-state index contributed by atoms with van der Waals surface area (Å²) in [5, 5.41) is 7.50. The van der Waals surface area contributed by atoms with Crippen LogP contribution in [0.25, 0.3) is 10.8 Å². The van der Waals surface area contributed by atoms with Gasteiger partial charge in [-0.1, -0.05) is 36.4 Å². The number of fused-ring (bicyclic) bond motifs is 1. The van der Waals surface area contributed by atoms with Gasteiger partial charge in [0.05, 0.1) is 30.8 Å². The third kappa shape index (κ3) is 5.90. The molecule has 0 spiro atoms. The van der Waals surface area contributed by atoms with Crippen LogP contribution in [0.4, 0.5) is 11.4 Å². The summed E-state index contributed by atoms with van der Waals surface area (Å²) in [4.78, 5) is 26.7. The molecule has 34 heavy (non-hydrogen) atoms. The second-order valence-electron chi connectivity index (χ2n) is 7.94. The molecule has 0 aliphatic rings. The summed E-state index contributed by atoms with van der Waals surface area (Å²) < 4.78 is 31.2. The number of ether oxygens (including phenoxy) is 1. The maximum Gasteiger partial charge on any atom is 0.242 e. The smallest absolute Gasteiger partial charge is 0.242 e. The molecule has 3 aromatic carbocycles. The molecule has 0 heterocycles. The average Bonchev–Trinajstić information content (AvgIpc) is 2.78. The average molecular weight is 485 g/mol. The molecule has 0 unspecified atom stereocenters. The molecule has 10 heteroatoms.